The molecule has 0 aliphatic carbocycles. The van der Waals surface area contributed by atoms with Crippen molar-refractivity contribution in [1.29, 1.82) is 0 Å². The van der Waals surface area contributed by atoms with Crippen LogP contribution in [-0.4, -0.2) is 63.4 Å². The summed E-state index contributed by atoms with van der Waals surface area (Å²) in [7, 11) is -1.66. The normalized spacial score (nSPS) is 15.8. The minimum atomic E-state index is -3.63. The van der Waals surface area contributed by atoms with Gasteiger partial charge in [-0.3, -0.25) is 4.79 Å². The van der Waals surface area contributed by atoms with Gasteiger partial charge in [0.05, 0.1) is 17.2 Å². The Hall–Kier alpha value is -2.42. The fraction of sp³-hybridized carbons (Fsp3) is 0.381. The standard InChI is InChI=1S/C21H27N3O4S/c1-3-15-28-20-10-5-4-9-19(20)22-21(25)17-7-6-8-18(16-17)29(26,27)24-13-11-23(2)12-14-24/h4-10,16H,3,11-15H2,1-2H3,(H,22,25). The van der Waals surface area contributed by atoms with Gasteiger partial charge in [0.2, 0.25) is 10.0 Å². The van der Waals surface area contributed by atoms with Crippen molar-refractivity contribution in [2.75, 3.05) is 45.2 Å². The number of nitrogens with one attached hydrogen (secondary N) is 1. The fourth-order valence-electron chi connectivity index (χ4n) is 3.08. The maximum absolute atomic E-state index is 13.0. The van der Waals surface area contributed by atoms with Crippen molar-refractivity contribution in [3.63, 3.8) is 0 Å². The molecule has 2 aromatic carbocycles. The number of sulfonamides is 1. The van der Waals surface area contributed by atoms with Crippen molar-refractivity contribution in [3.05, 3.63) is 54.1 Å². The number of nitrogens with zero attached hydrogens (tertiary/aromatic N) is 2. The third-order valence-electron chi connectivity index (χ3n) is 4.79. The Balaban J connectivity index is 1.78. The van der Waals surface area contributed by atoms with Crippen molar-refractivity contribution in [3.8, 4) is 5.75 Å². The minimum absolute atomic E-state index is 0.130. The maximum Gasteiger partial charge on any atom is 0.255 e. The molecule has 8 heteroatoms. The second-order valence-corrected chi connectivity index (χ2v) is 8.97. The third-order valence-corrected chi connectivity index (χ3v) is 6.69. The Labute approximate surface area is 172 Å². The predicted molar refractivity (Wildman–Crippen MR) is 113 cm³/mol. The lowest BCUT2D eigenvalue weighted by Crippen LogP contribution is -2.47. The molecule has 1 fully saturated rings. The largest absolute Gasteiger partial charge is 0.491 e. The number of para-hydroxylation sites is 2. The summed E-state index contributed by atoms with van der Waals surface area (Å²) in [6.45, 7) is 4.82. The van der Waals surface area contributed by atoms with E-state index in [1.165, 1.54) is 16.4 Å². The number of ether oxygens (including phenoxy) is 1. The first-order valence-electron chi connectivity index (χ1n) is 9.73. The van der Waals surface area contributed by atoms with E-state index in [4.69, 9.17) is 4.74 Å². The molecule has 0 bridgehead atoms. The Morgan fingerprint density at radius 3 is 2.52 bits per heavy atom. The van der Waals surface area contributed by atoms with Crippen LogP contribution in [0.2, 0.25) is 0 Å². The molecule has 0 aromatic heterocycles. The van der Waals surface area contributed by atoms with Crippen molar-refractivity contribution < 1.29 is 17.9 Å². The second-order valence-electron chi connectivity index (χ2n) is 7.03. The minimum Gasteiger partial charge on any atom is -0.491 e. The first kappa shape index (κ1) is 21.3. The van der Waals surface area contributed by atoms with Crippen LogP contribution < -0.4 is 10.1 Å². The van der Waals surface area contributed by atoms with Crippen LogP contribution in [0.15, 0.2) is 53.4 Å². The highest BCUT2D eigenvalue weighted by atomic mass is 32.2. The molecule has 0 atom stereocenters. The summed E-state index contributed by atoms with van der Waals surface area (Å²) in [5.74, 6) is 0.205. The summed E-state index contributed by atoms with van der Waals surface area (Å²) in [5, 5.41) is 2.82. The van der Waals surface area contributed by atoms with Gasteiger partial charge >= 0.3 is 0 Å². The van der Waals surface area contributed by atoms with E-state index in [0.29, 0.717) is 44.2 Å². The first-order chi connectivity index (χ1) is 13.9. The first-order valence-corrected chi connectivity index (χ1v) is 11.2. The molecule has 7 nitrogen and oxygen atoms in total. The number of likely N-dealkylation sites (N-methyl/N-ethyl adjacent to an activating group) is 1. The predicted octanol–water partition coefficient (Wildman–Crippen LogP) is 2.66. The zero-order valence-corrected chi connectivity index (χ0v) is 17.6. The van der Waals surface area contributed by atoms with Crippen LogP contribution in [0.25, 0.3) is 0 Å². The smallest absolute Gasteiger partial charge is 0.255 e. The Bertz CT molecular complexity index is 954. The van der Waals surface area contributed by atoms with E-state index in [1.54, 1.807) is 24.3 Å². The lowest BCUT2D eigenvalue weighted by atomic mass is 10.2. The molecule has 2 aromatic rings. The van der Waals surface area contributed by atoms with Crippen LogP contribution in [-0.2, 0) is 10.0 Å². The summed E-state index contributed by atoms with van der Waals surface area (Å²) < 4.78 is 33.0. The van der Waals surface area contributed by atoms with Gasteiger partial charge < -0.3 is 15.0 Å². The quantitative estimate of drug-likeness (QED) is 0.749. The van der Waals surface area contributed by atoms with Gasteiger partial charge in [-0.2, -0.15) is 4.31 Å². The second kappa shape index (κ2) is 9.39. The van der Waals surface area contributed by atoms with E-state index in [0.717, 1.165) is 6.42 Å². The van der Waals surface area contributed by atoms with Crippen LogP contribution in [0.5, 0.6) is 5.75 Å². The Kier molecular flexibility index (Phi) is 6.89. The van der Waals surface area contributed by atoms with Gasteiger partial charge in [0, 0.05) is 31.7 Å². The molecule has 29 heavy (non-hydrogen) atoms. The van der Waals surface area contributed by atoms with E-state index in [9.17, 15) is 13.2 Å². The SMILES string of the molecule is CCCOc1ccccc1NC(=O)c1cccc(S(=O)(=O)N2CCN(C)CC2)c1. The molecular weight excluding hydrogens is 390 g/mol. The van der Waals surface area contributed by atoms with E-state index >= 15 is 0 Å². The van der Waals surface area contributed by atoms with Crippen molar-refractivity contribution >= 4 is 21.6 Å². The van der Waals surface area contributed by atoms with Crippen molar-refractivity contribution in [1.82, 2.24) is 9.21 Å². The molecule has 1 aliphatic rings. The molecule has 0 radical (unpaired) electrons. The third kappa shape index (κ3) is 5.14. The number of rotatable bonds is 7. The van der Waals surface area contributed by atoms with Crippen LogP contribution in [0.1, 0.15) is 23.7 Å². The summed E-state index contributed by atoms with van der Waals surface area (Å²) in [5.41, 5.74) is 0.837. The summed E-state index contributed by atoms with van der Waals surface area (Å²) in [6, 6.07) is 13.4. The number of carbonyl (C=O) groups excluding carboxylic acids is 1. The molecule has 1 saturated heterocycles. The number of piperazine rings is 1. The van der Waals surface area contributed by atoms with E-state index in [2.05, 4.69) is 10.2 Å². The van der Waals surface area contributed by atoms with Gasteiger partial charge in [0.1, 0.15) is 5.75 Å². The topological polar surface area (TPSA) is 78.9 Å². The monoisotopic (exact) mass is 417 g/mol. The number of carbonyl (C=O) groups is 1. The number of anilines is 1. The number of amides is 1. The van der Waals surface area contributed by atoms with Crippen molar-refractivity contribution in [2.24, 2.45) is 0 Å². The number of benzene rings is 2. The van der Waals surface area contributed by atoms with Crippen LogP contribution >= 0.6 is 0 Å². The molecule has 1 aliphatic heterocycles. The zero-order valence-electron chi connectivity index (χ0n) is 16.8. The molecule has 1 heterocycles. The van der Waals surface area contributed by atoms with E-state index in [1.807, 2.05) is 26.1 Å². The summed E-state index contributed by atoms with van der Waals surface area (Å²) in [4.78, 5) is 15.0. The highest BCUT2D eigenvalue weighted by Crippen LogP contribution is 2.25. The molecule has 1 amide bonds. The highest BCUT2D eigenvalue weighted by Gasteiger charge is 2.28. The van der Waals surface area contributed by atoms with Gasteiger partial charge in [-0.15, -0.1) is 0 Å². The molecular formula is C21H27N3O4S. The molecule has 1 N–H and O–H groups in total. The van der Waals surface area contributed by atoms with Crippen LogP contribution in [0.4, 0.5) is 5.69 Å². The van der Waals surface area contributed by atoms with Gasteiger partial charge in [0.25, 0.3) is 5.91 Å². The van der Waals surface area contributed by atoms with Crippen molar-refractivity contribution in [2.45, 2.75) is 18.2 Å². The van der Waals surface area contributed by atoms with Crippen LogP contribution in [0, 0.1) is 0 Å². The lowest BCUT2D eigenvalue weighted by molar-refractivity contribution is 0.102. The number of hydrogen-bond donors (Lipinski definition) is 1. The molecule has 0 saturated carbocycles. The molecule has 3 rings (SSSR count). The summed E-state index contributed by atoms with van der Waals surface area (Å²) in [6.07, 6.45) is 0.856. The molecule has 156 valence electrons. The maximum atomic E-state index is 13.0. The van der Waals surface area contributed by atoms with E-state index < -0.39 is 10.0 Å². The van der Waals surface area contributed by atoms with Gasteiger partial charge in [-0.05, 0) is 43.8 Å². The van der Waals surface area contributed by atoms with Crippen LogP contribution in [0.3, 0.4) is 0 Å². The fourth-order valence-corrected chi connectivity index (χ4v) is 4.55. The average Bonchev–Trinajstić information content (AvgIpc) is 2.73. The van der Waals surface area contributed by atoms with Gasteiger partial charge in [-0.1, -0.05) is 25.1 Å². The van der Waals surface area contributed by atoms with E-state index in [-0.39, 0.29) is 16.4 Å². The molecule has 0 unspecified atom stereocenters. The van der Waals surface area contributed by atoms with Gasteiger partial charge in [-0.25, -0.2) is 8.42 Å². The zero-order chi connectivity index (χ0) is 20.9. The Morgan fingerprint density at radius 2 is 1.79 bits per heavy atom. The lowest BCUT2D eigenvalue weighted by Gasteiger charge is -2.31. The molecule has 0 spiro atoms. The Morgan fingerprint density at radius 1 is 1.07 bits per heavy atom. The highest BCUT2D eigenvalue weighted by molar-refractivity contribution is 7.89. The average molecular weight is 418 g/mol. The van der Waals surface area contributed by atoms with Gasteiger partial charge in [0.15, 0.2) is 0 Å². The summed E-state index contributed by atoms with van der Waals surface area (Å²) >= 11 is 0. The number of hydrogen-bond acceptors (Lipinski definition) is 5.